The van der Waals surface area contributed by atoms with E-state index < -0.39 is 61.5 Å². The minimum atomic E-state index is -1.62. The van der Waals surface area contributed by atoms with Crippen LogP contribution < -0.4 is 5.32 Å². The van der Waals surface area contributed by atoms with Crippen LogP contribution >= 0.6 is 0 Å². The Hall–Kier alpha value is -1.89. The number of amides is 1. The second-order valence-corrected chi connectivity index (χ2v) is 15.6. The molecule has 1 heterocycles. The van der Waals surface area contributed by atoms with Crippen molar-refractivity contribution in [3.8, 4) is 0 Å². The fourth-order valence-electron chi connectivity index (χ4n) is 6.72. The standard InChI is InChI=1S/C46H83NO9/c1-3-5-7-9-11-13-15-17-19-21-23-25-27-29-31-33-35-40(50)45(54)47-38(37-55-46-44(53)43(52)42(51)41(36-48)56-46)39(49)34-32-30-28-26-24-22-20-18-16-14-12-10-8-6-4-2/h16-19,24,26,32,34,38-44,46,48-53H,3-15,20-23,25,27-31,33,35-37H2,1-2H3,(H,47,54)/b18-16+,19-17-,26-24+,34-32+. The molecule has 1 fully saturated rings. The molecule has 0 saturated carbocycles. The van der Waals surface area contributed by atoms with Crippen LogP contribution in [0, 0.1) is 0 Å². The van der Waals surface area contributed by atoms with Crippen molar-refractivity contribution >= 4 is 5.91 Å². The van der Waals surface area contributed by atoms with Gasteiger partial charge in [-0.1, -0.05) is 152 Å². The fraction of sp³-hybridized carbons (Fsp3) is 0.804. The third-order valence-electron chi connectivity index (χ3n) is 10.5. The van der Waals surface area contributed by atoms with Crippen LogP contribution in [0.5, 0.6) is 0 Å². The van der Waals surface area contributed by atoms with Gasteiger partial charge in [-0.3, -0.25) is 4.79 Å². The van der Waals surface area contributed by atoms with E-state index in [1.54, 1.807) is 6.08 Å². The maximum Gasteiger partial charge on any atom is 0.249 e. The highest BCUT2D eigenvalue weighted by atomic mass is 16.7. The van der Waals surface area contributed by atoms with Crippen molar-refractivity contribution in [3.63, 3.8) is 0 Å². The summed E-state index contributed by atoms with van der Waals surface area (Å²) in [6, 6.07) is -1.01. The Morgan fingerprint density at radius 1 is 0.607 bits per heavy atom. The van der Waals surface area contributed by atoms with Crippen LogP contribution in [-0.4, -0.2) is 98.7 Å². The van der Waals surface area contributed by atoms with Crippen LogP contribution in [0.15, 0.2) is 48.6 Å². The van der Waals surface area contributed by atoms with Crippen LogP contribution in [0.4, 0.5) is 0 Å². The van der Waals surface area contributed by atoms with E-state index in [1.165, 1.54) is 89.9 Å². The summed E-state index contributed by atoms with van der Waals surface area (Å²) in [5.74, 6) is -0.638. The Bertz CT molecular complexity index is 1030. The summed E-state index contributed by atoms with van der Waals surface area (Å²) in [7, 11) is 0. The van der Waals surface area contributed by atoms with E-state index in [0.29, 0.717) is 19.3 Å². The normalized spacial score (nSPS) is 22.2. The first kappa shape index (κ1) is 52.1. The van der Waals surface area contributed by atoms with Gasteiger partial charge in [-0.05, 0) is 70.6 Å². The second kappa shape index (κ2) is 36.2. The van der Waals surface area contributed by atoms with Gasteiger partial charge in [-0.25, -0.2) is 0 Å². The van der Waals surface area contributed by atoms with Gasteiger partial charge in [0.2, 0.25) is 5.91 Å². The van der Waals surface area contributed by atoms with Crippen LogP contribution in [0.2, 0.25) is 0 Å². The first-order valence-corrected chi connectivity index (χ1v) is 22.5. The summed E-state index contributed by atoms with van der Waals surface area (Å²) in [6.07, 6.45) is 34.8. The minimum Gasteiger partial charge on any atom is -0.394 e. The maximum atomic E-state index is 13.0. The van der Waals surface area contributed by atoms with Crippen LogP contribution in [0.1, 0.15) is 174 Å². The summed E-state index contributed by atoms with van der Waals surface area (Å²) < 4.78 is 11.1. The monoisotopic (exact) mass is 794 g/mol. The minimum absolute atomic E-state index is 0.292. The molecule has 1 rings (SSSR count). The molecule has 0 aromatic carbocycles. The average molecular weight is 794 g/mol. The lowest BCUT2D eigenvalue weighted by Gasteiger charge is -2.40. The zero-order valence-electron chi connectivity index (χ0n) is 35.2. The smallest absolute Gasteiger partial charge is 0.249 e. The lowest BCUT2D eigenvalue weighted by atomic mass is 9.99. The van der Waals surface area contributed by atoms with Gasteiger partial charge in [0.15, 0.2) is 6.29 Å². The molecule has 1 amide bonds. The third kappa shape index (κ3) is 26.2. The Kier molecular flexibility index (Phi) is 33.7. The van der Waals surface area contributed by atoms with Crippen molar-refractivity contribution in [1.29, 1.82) is 0 Å². The van der Waals surface area contributed by atoms with Gasteiger partial charge in [-0.2, -0.15) is 0 Å². The second-order valence-electron chi connectivity index (χ2n) is 15.6. The number of unbranched alkanes of at least 4 members (excludes halogenated alkanes) is 19. The SMILES string of the molecule is CCCCCCC/C=C/CC/C=C/CC/C=C/C(O)C(COC1OC(CO)C(O)C(O)C1O)NC(=O)C(O)CCCCCCCC/C=C\CCCCCCCC. The molecule has 1 aliphatic rings. The van der Waals surface area contributed by atoms with E-state index in [1.807, 2.05) is 6.08 Å². The number of ether oxygens (including phenoxy) is 2. The third-order valence-corrected chi connectivity index (χ3v) is 10.5. The summed E-state index contributed by atoms with van der Waals surface area (Å²) in [5, 5.41) is 64.5. The van der Waals surface area contributed by atoms with E-state index in [4.69, 9.17) is 9.47 Å². The molecule has 0 spiro atoms. The number of carbonyl (C=O) groups is 1. The molecule has 0 aromatic rings. The number of aliphatic hydroxyl groups excluding tert-OH is 6. The molecule has 8 unspecified atom stereocenters. The number of rotatable bonds is 36. The highest BCUT2D eigenvalue weighted by Gasteiger charge is 2.44. The molecular weight excluding hydrogens is 711 g/mol. The molecule has 0 radical (unpaired) electrons. The number of nitrogens with one attached hydrogen (secondary N) is 1. The molecule has 1 aliphatic heterocycles. The van der Waals surface area contributed by atoms with E-state index >= 15 is 0 Å². The van der Waals surface area contributed by atoms with E-state index in [9.17, 15) is 35.4 Å². The van der Waals surface area contributed by atoms with Crippen LogP contribution in [-0.2, 0) is 14.3 Å². The first-order valence-electron chi connectivity index (χ1n) is 22.5. The highest BCUT2D eigenvalue weighted by Crippen LogP contribution is 2.22. The first-order chi connectivity index (χ1) is 27.3. The summed E-state index contributed by atoms with van der Waals surface area (Å²) in [4.78, 5) is 13.0. The Balaban J connectivity index is 2.48. The van der Waals surface area contributed by atoms with Crippen molar-refractivity contribution in [1.82, 2.24) is 5.32 Å². The number of aliphatic hydroxyl groups is 6. The number of allylic oxidation sites excluding steroid dienone is 7. The lowest BCUT2D eigenvalue weighted by Crippen LogP contribution is -2.60. The molecule has 56 heavy (non-hydrogen) atoms. The summed E-state index contributed by atoms with van der Waals surface area (Å²) >= 11 is 0. The van der Waals surface area contributed by atoms with Gasteiger partial charge in [0.1, 0.15) is 30.5 Å². The Morgan fingerprint density at radius 3 is 1.55 bits per heavy atom. The quantitative estimate of drug-likeness (QED) is 0.0245. The Labute approximate surface area is 340 Å². The van der Waals surface area contributed by atoms with Gasteiger partial charge in [0.25, 0.3) is 0 Å². The van der Waals surface area contributed by atoms with Gasteiger partial charge in [0, 0.05) is 0 Å². The van der Waals surface area contributed by atoms with E-state index in [0.717, 1.165) is 51.4 Å². The molecule has 1 saturated heterocycles. The van der Waals surface area contributed by atoms with Crippen molar-refractivity contribution < 1.29 is 44.9 Å². The van der Waals surface area contributed by atoms with Crippen molar-refractivity contribution in [2.75, 3.05) is 13.2 Å². The molecule has 0 aromatic heterocycles. The fourth-order valence-corrected chi connectivity index (χ4v) is 6.72. The number of hydrogen-bond donors (Lipinski definition) is 7. The largest absolute Gasteiger partial charge is 0.394 e. The lowest BCUT2D eigenvalue weighted by molar-refractivity contribution is -0.302. The van der Waals surface area contributed by atoms with Gasteiger partial charge < -0.3 is 45.4 Å². The van der Waals surface area contributed by atoms with Crippen molar-refractivity contribution in [3.05, 3.63) is 48.6 Å². The zero-order valence-corrected chi connectivity index (χ0v) is 35.2. The number of hydrogen-bond acceptors (Lipinski definition) is 9. The topological polar surface area (TPSA) is 169 Å². The van der Waals surface area contributed by atoms with E-state index in [-0.39, 0.29) is 6.61 Å². The van der Waals surface area contributed by atoms with Gasteiger partial charge in [-0.15, -0.1) is 0 Å². The molecule has 7 N–H and O–H groups in total. The van der Waals surface area contributed by atoms with Crippen LogP contribution in [0.3, 0.4) is 0 Å². The summed E-state index contributed by atoms with van der Waals surface area (Å²) in [5.41, 5.74) is 0. The highest BCUT2D eigenvalue weighted by molar-refractivity contribution is 5.80. The molecular formula is C46H83NO9. The van der Waals surface area contributed by atoms with Gasteiger partial charge in [0.05, 0.1) is 25.4 Å². The predicted molar refractivity (Wildman–Crippen MR) is 227 cm³/mol. The maximum absolute atomic E-state index is 13.0. The van der Waals surface area contributed by atoms with E-state index in [2.05, 4.69) is 55.6 Å². The van der Waals surface area contributed by atoms with Crippen molar-refractivity contribution in [2.24, 2.45) is 0 Å². The Morgan fingerprint density at radius 2 is 1.05 bits per heavy atom. The molecule has 10 nitrogen and oxygen atoms in total. The molecule has 0 aliphatic carbocycles. The predicted octanol–water partition coefficient (Wildman–Crippen LogP) is 8.03. The molecule has 8 atom stereocenters. The van der Waals surface area contributed by atoms with Crippen molar-refractivity contribution in [2.45, 2.75) is 223 Å². The van der Waals surface area contributed by atoms with Crippen LogP contribution in [0.25, 0.3) is 0 Å². The average Bonchev–Trinajstić information content (AvgIpc) is 3.20. The zero-order chi connectivity index (χ0) is 41.1. The molecule has 326 valence electrons. The molecule has 0 bridgehead atoms. The summed E-state index contributed by atoms with van der Waals surface area (Å²) in [6.45, 7) is 3.54. The number of carbonyl (C=O) groups excluding carboxylic acids is 1. The van der Waals surface area contributed by atoms with Gasteiger partial charge >= 0.3 is 0 Å². The molecule has 10 heteroatoms.